The summed E-state index contributed by atoms with van der Waals surface area (Å²) < 4.78 is 24.6. The second-order valence-electron chi connectivity index (χ2n) is 4.59. The highest BCUT2D eigenvalue weighted by molar-refractivity contribution is 7.91. The van der Waals surface area contributed by atoms with Gasteiger partial charge in [-0.1, -0.05) is 18.5 Å². The van der Waals surface area contributed by atoms with E-state index in [4.69, 9.17) is 17.3 Å². The van der Waals surface area contributed by atoms with Crippen LogP contribution in [0.15, 0.2) is 0 Å². The van der Waals surface area contributed by atoms with Gasteiger partial charge in [0.25, 0.3) is 0 Å². The van der Waals surface area contributed by atoms with E-state index in [-0.39, 0.29) is 0 Å². The number of aryl methyl sites for hydroxylation is 2. The van der Waals surface area contributed by atoms with Gasteiger partial charge in [0, 0.05) is 25.8 Å². The highest BCUT2D eigenvalue weighted by Crippen LogP contribution is 2.22. The summed E-state index contributed by atoms with van der Waals surface area (Å²) in [6.45, 7) is 3.59. The Kier molecular flexibility index (Phi) is 4.80. The van der Waals surface area contributed by atoms with Gasteiger partial charge in [0.05, 0.1) is 21.7 Å². The van der Waals surface area contributed by atoms with Crippen molar-refractivity contribution in [2.24, 2.45) is 12.8 Å². The second-order valence-corrected chi connectivity index (χ2v) is 7.37. The molecule has 0 amide bonds. The molecule has 0 bridgehead atoms. The van der Waals surface area contributed by atoms with E-state index < -0.39 is 21.1 Å². The molecule has 2 unspecified atom stereocenters. The SMILES string of the molecule is CCc1nn(C)c(CC(N)C(C)S(C)(=O)=O)c1Cl. The van der Waals surface area contributed by atoms with Crippen molar-refractivity contribution in [3.05, 3.63) is 16.4 Å². The molecule has 0 aliphatic carbocycles. The smallest absolute Gasteiger partial charge is 0.151 e. The van der Waals surface area contributed by atoms with E-state index in [0.717, 1.165) is 17.8 Å². The summed E-state index contributed by atoms with van der Waals surface area (Å²) in [5.41, 5.74) is 7.55. The fourth-order valence-electron chi connectivity index (χ4n) is 1.75. The molecular formula is C11H20ClN3O2S. The van der Waals surface area contributed by atoms with Crippen molar-refractivity contribution in [2.45, 2.75) is 38.0 Å². The first-order valence-corrected chi connectivity index (χ1v) is 8.16. The van der Waals surface area contributed by atoms with Gasteiger partial charge in [0.15, 0.2) is 9.84 Å². The third-order valence-corrected chi connectivity index (χ3v) is 5.35. The van der Waals surface area contributed by atoms with Gasteiger partial charge in [0.2, 0.25) is 0 Å². The Balaban J connectivity index is 2.95. The van der Waals surface area contributed by atoms with Crippen molar-refractivity contribution in [2.75, 3.05) is 6.26 Å². The van der Waals surface area contributed by atoms with Crippen LogP contribution in [0.4, 0.5) is 0 Å². The fourth-order valence-corrected chi connectivity index (χ4v) is 2.85. The van der Waals surface area contributed by atoms with Crippen molar-refractivity contribution in [1.29, 1.82) is 0 Å². The summed E-state index contributed by atoms with van der Waals surface area (Å²) in [6, 6.07) is -0.488. The van der Waals surface area contributed by atoms with Crippen LogP contribution < -0.4 is 5.73 Å². The summed E-state index contributed by atoms with van der Waals surface area (Å²) in [6.07, 6.45) is 2.33. The maximum absolute atomic E-state index is 11.5. The summed E-state index contributed by atoms with van der Waals surface area (Å²) in [4.78, 5) is 0. The average molecular weight is 294 g/mol. The van der Waals surface area contributed by atoms with Gasteiger partial charge in [-0.05, 0) is 13.3 Å². The summed E-state index contributed by atoms with van der Waals surface area (Å²) in [5.74, 6) is 0. The third-order valence-electron chi connectivity index (χ3n) is 3.21. The molecule has 104 valence electrons. The zero-order valence-electron chi connectivity index (χ0n) is 11.1. The molecule has 18 heavy (non-hydrogen) atoms. The van der Waals surface area contributed by atoms with Crippen molar-refractivity contribution < 1.29 is 8.42 Å². The highest BCUT2D eigenvalue weighted by Gasteiger charge is 2.25. The minimum absolute atomic E-state index is 0.399. The molecule has 1 rings (SSSR count). The first-order chi connectivity index (χ1) is 8.18. The molecule has 1 aromatic heterocycles. The maximum atomic E-state index is 11.5. The van der Waals surface area contributed by atoms with Gasteiger partial charge in [0.1, 0.15) is 0 Å². The number of rotatable bonds is 5. The Morgan fingerprint density at radius 2 is 2.06 bits per heavy atom. The molecule has 0 aliphatic heterocycles. The number of aromatic nitrogens is 2. The van der Waals surface area contributed by atoms with Crippen molar-refractivity contribution in [3.63, 3.8) is 0 Å². The Labute approximate surface area is 113 Å². The van der Waals surface area contributed by atoms with Crippen LogP contribution in [0.25, 0.3) is 0 Å². The molecule has 7 heteroatoms. The molecule has 2 N–H and O–H groups in total. The highest BCUT2D eigenvalue weighted by atomic mass is 35.5. The van der Waals surface area contributed by atoms with Crippen LogP contribution in [0.2, 0.25) is 5.02 Å². The molecule has 0 fully saturated rings. The van der Waals surface area contributed by atoms with E-state index in [0.29, 0.717) is 11.4 Å². The first-order valence-electron chi connectivity index (χ1n) is 5.83. The van der Waals surface area contributed by atoms with E-state index in [1.807, 2.05) is 6.92 Å². The predicted octanol–water partition coefficient (Wildman–Crippen LogP) is 0.939. The zero-order valence-corrected chi connectivity index (χ0v) is 12.7. The van der Waals surface area contributed by atoms with E-state index in [9.17, 15) is 8.42 Å². The molecular weight excluding hydrogens is 274 g/mol. The monoisotopic (exact) mass is 293 g/mol. The topological polar surface area (TPSA) is 78.0 Å². The predicted molar refractivity (Wildman–Crippen MR) is 73.6 cm³/mol. The largest absolute Gasteiger partial charge is 0.326 e. The molecule has 0 saturated carbocycles. The molecule has 0 saturated heterocycles. The normalized spacial score (nSPS) is 15.7. The average Bonchev–Trinajstić information content (AvgIpc) is 2.54. The molecule has 0 aliphatic rings. The Bertz CT molecular complexity index is 525. The number of nitrogens with two attached hydrogens (primary N) is 1. The van der Waals surface area contributed by atoms with Gasteiger partial charge in [-0.25, -0.2) is 8.42 Å². The van der Waals surface area contributed by atoms with Crippen molar-refractivity contribution in [3.8, 4) is 0 Å². The molecule has 0 spiro atoms. The molecule has 0 radical (unpaired) electrons. The lowest BCUT2D eigenvalue weighted by Crippen LogP contribution is -2.40. The standard InChI is InChI=1S/C11H20ClN3O2S/c1-5-9-11(12)10(15(3)14-9)6-8(13)7(2)18(4,16)17/h7-8H,5-6,13H2,1-4H3. The molecule has 0 aromatic carbocycles. The minimum Gasteiger partial charge on any atom is -0.326 e. The van der Waals surface area contributed by atoms with Gasteiger partial charge in [-0.3, -0.25) is 4.68 Å². The van der Waals surface area contributed by atoms with E-state index in [1.54, 1.807) is 18.7 Å². The van der Waals surface area contributed by atoms with Crippen molar-refractivity contribution >= 4 is 21.4 Å². The molecule has 1 heterocycles. The number of hydrogen-bond donors (Lipinski definition) is 1. The maximum Gasteiger partial charge on any atom is 0.151 e. The third kappa shape index (κ3) is 3.24. The summed E-state index contributed by atoms with van der Waals surface area (Å²) >= 11 is 6.20. The lowest BCUT2D eigenvalue weighted by molar-refractivity contribution is 0.552. The van der Waals surface area contributed by atoms with E-state index in [1.165, 1.54) is 6.26 Å². The van der Waals surface area contributed by atoms with E-state index in [2.05, 4.69) is 5.10 Å². The lowest BCUT2D eigenvalue weighted by Gasteiger charge is -2.18. The quantitative estimate of drug-likeness (QED) is 0.876. The Hall–Kier alpha value is -0.590. The van der Waals surface area contributed by atoms with Crippen LogP contribution >= 0.6 is 11.6 Å². The van der Waals surface area contributed by atoms with Crippen LogP contribution in [0.3, 0.4) is 0 Å². The van der Waals surface area contributed by atoms with Gasteiger partial charge in [-0.15, -0.1) is 0 Å². The van der Waals surface area contributed by atoms with Crippen LogP contribution in [0.5, 0.6) is 0 Å². The Morgan fingerprint density at radius 1 is 1.50 bits per heavy atom. The minimum atomic E-state index is -3.14. The van der Waals surface area contributed by atoms with Crippen LogP contribution in [0.1, 0.15) is 25.2 Å². The second kappa shape index (κ2) is 5.59. The molecule has 2 atom stereocenters. The summed E-state index contributed by atoms with van der Waals surface area (Å²) in [5, 5.41) is 4.27. The summed E-state index contributed by atoms with van der Waals surface area (Å²) in [7, 11) is -1.35. The van der Waals surface area contributed by atoms with E-state index >= 15 is 0 Å². The van der Waals surface area contributed by atoms with Crippen LogP contribution in [-0.2, 0) is 29.7 Å². The Morgan fingerprint density at radius 3 is 2.44 bits per heavy atom. The van der Waals surface area contributed by atoms with Gasteiger partial charge < -0.3 is 5.73 Å². The number of sulfone groups is 1. The molecule has 1 aromatic rings. The first kappa shape index (κ1) is 15.5. The zero-order chi connectivity index (χ0) is 14.1. The number of nitrogens with zero attached hydrogens (tertiary/aromatic N) is 2. The molecule has 5 nitrogen and oxygen atoms in total. The van der Waals surface area contributed by atoms with Gasteiger partial charge in [-0.2, -0.15) is 5.10 Å². The number of hydrogen-bond acceptors (Lipinski definition) is 4. The fraction of sp³-hybridized carbons (Fsp3) is 0.727. The van der Waals surface area contributed by atoms with Crippen LogP contribution in [0, 0.1) is 0 Å². The van der Waals surface area contributed by atoms with Crippen LogP contribution in [-0.4, -0.2) is 35.7 Å². The lowest BCUT2D eigenvalue weighted by atomic mass is 10.1. The van der Waals surface area contributed by atoms with Crippen molar-refractivity contribution in [1.82, 2.24) is 9.78 Å². The van der Waals surface area contributed by atoms with Gasteiger partial charge >= 0.3 is 0 Å². The number of halogens is 1.